The fraction of sp³-hybridized carbons (Fsp3) is 0.600. The molecular weight excluding hydrogens is 135 g/mol. The predicted molar refractivity (Wildman–Crippen MR) is 31.9 cm³/mol. The molecule has 1 aliphatic rings. The maximum absolute atomic E-state index is 12.3. The topological polar surface area (TPSA) is 32.8 Å². The first-order valence-electron chi connectivity index (χ1n) is 2.67. The zero-order valence-electron chi connectivity index (χ0n) is 5.00. The zero-order valence-corrected chi connectivity index (χ0v) is 5.00. The summed E-state index contributed by atoms with van der Waals surface area (Å²) in [6.07, 6.45) is -2.90. The third-order valence-corrected chi connectivity index (χ3v) is 1.21. The lowest BCUT2D eigenvalue weighted by molar-refractivity contribution is 0.272. The molecule has 4 nitrogen and oxygen atoms in total. The van der Waals surface area contributed by atoms with Crippen molar-refractivity contribution in [1.29, 1.82) is 0 Å². The second kappa shape index (κ2) is 2.61. The van der Waals surface area contributed by atoms with Crippen molar-refractivity contribution in [2.75, 3.05) is 0 Å². The van der Waals surface area contributed by atoms with Crippen LogP contribution in [0, 0.1) is 13.1 Å². The van der Waals surface area contributed by atoms with Crippen molar-refractivity contribution < 1.29 is 4.39 Å². The first-order valence-corrected chi connectivity index (χ1v) is 2.67. The van der Waals surface area contributed by atoms with E-state index in [4.69, 9.17) is 13.1 Å². The molecule has 2 atom stereocenters. The average molecular weight is 140 g/mol. The van der Waals surface area contributed by atoms with Gasteiger partial charge in [0, 0.05) is 0 Å². The van der Waals surface area contributed by atoms with Crippen molar-refractivity contribution >= 4 is 0 Å². The largest absolute Gasteiger partial charge is 0.369 e. The van der Waals surface area contributed by atoms with Crippen LogP contribution in [0.5, 0.6) is 0 Å². The highest BCUT2D eigenvalue weighted by molar-refractivity contribution is 4.99. The van der Waals surface area contributed by atoms with E-state index in [1.165, 1.54) is 0 Å². The van der Waals surface area contributed by atoms with E-state index in [1.54, 1.807) is 0 Å². The van der Waals surface area contributed by atoms with Crippen LogP contribution >= 0.6 is 0 Å². The van der Waals surface area contributed by atoms with E-state index in [-0.39, 0.29) is 0 Å². The van der Waals surface area contributed by atoms with Gasteiger partial charge in [-0.2, -0.15) is 10.6 Å². The maximum atomic E-state index is 12.3. The third kappa shape index (κ3) is 1.06. The fourth-order valence-corrected chi connectivity index (χ4v) is 0.746. The summed E-state index contributed by atoms with van der Waals surface area (Å²) in [7, 11) is 0. The van der Waals surface area contributed by atoms with Crippen LogP contribution in [0.15, 0.2) is 0 Å². The Labute approximate surface area is 57.7 Å². The van der Waals surface area contributed by atoms with Gasteiger partial charge in [-0.25, -0.2) is 17.5 Å². The lowest BCUT2D eigenvalue weighted by atomic mass is 10.4. The van der Waals surface area contributed by atoms with Gasteiger partial charge >= 0.3 is 12.3 Å². The highest BCUT2D eigenvalue weighted by Gasteiger charge is 2.42. The summed E-state index contributed by atoms with van der Waals surface area (Å²) in [5.41, 5.74) is 0. The monoisotopic (exact) mass is 140 g/mol. The van der Waals surface area contributed by atoms with Gasteiger partial charge in [0.25, 0.3) is 0 Å². The van der Waals surface area contributed by atoms with Gasteiger partial charge in [0.05, 0.1) is 0 Å². The molecule has 0 saturated carbocycles. The Kier molecular flexibility index (Phi) is 1.81. The van der Waals surface area contributed by atoms with E-state index in [0.29, 0.717) is 0 Å². The van der Waals surface area contributed by atoms with Gasteiger partial charge in [0.2, 0.25) is 6.42 Å². The normalized spacial score (nSPS) is 38.5. The average Bonchev–Trinajstić information content (AvgIpc) is 2.30. The van der Waals surface area contributed by atoms with Crippen molar-refractivity contribution in [3.63, 3.8) is 0 Å². The minimum atomic E-state index is -1.42. The number of alkyl halides is 1. The molecule has 1 rings (SSSR count). The lowest BCUT2D eigenvalue weighted by Crippen LogP contribution is -2.27. The van der Waals surface area contributed by atoms with E-state index < -0.39 is 18.8 Å². The van der Waals surface area contributed by atoms with Gasteiger partial charge in [-0.3, -0.25) is 9.69 Å². The molecule has 2 unspecified atom stereocenters. The van der Waals surface area contributed by atoms with Gasteiger partial charge < -0.3 is 0 Å². The Bertz CT molecular complexity index is 181. The summed E-state index contributed by atoms with van der Waals surface area (Å²) >= 11 is 0. The molecule has 1 saturated heterocycles. The highest BCUT2D eigenvalue weighted by atomic mass is 19.1. The van der Waals surface area contributed by atoms with E-state index in [1.807, 2.05) is 0 Å². The number of hydrogen-bond donors (Lipinski definition) is 2. The van der Waals surface area contributed by atoms with E-state index >= 15 is 0 Å². The molecule has 52 valence electrons. The molecule has 1 heterocycles. The zero-order chi connectivity index (χ0) is 7.56. The van der Waals surface area contributed by atoms with Crippen molar-refractivity contribution in [1.82, 2.24) is 10.6 Å². The number of nitrogens with one attached hydrogen (secondary N) is 2. The van der Waals surface area contributed by atoms with Crippen LogP contribution in [0.4, 0.5) is 4.39 Å². The van der Waals surface area contributed by atoms with E-state index in [2.05, 4.69) is 20.3 Å². The van der Waals surface area contributed by atoms with Crippen molar-refractivity contribution in [3.05, 3.63) is 22.8 Å². The highest BCUT2D eigenvalue weighted by Crippen LogP contribution is 2.06. The molecule has 0 aromatic rings. The Morgan fingerprint density at radius 2 is 1.50 bits per heavy atom. The Morgan fingerprint density at radius 1 is 1.10 bits per heavy atom. The quantitative estimate of drug-likeness (QED) is 0.364. The third-order valence-electron chi connectivity index (χ3n) is 1.21. The van der Waals surface area contributed by atoms with Crippen molar-refractivity contribution in [2.45, 2.75) is 18.8 Å². The predicted octanol–water partition coefficient (Wildman–Crippen LogP) is -0.0769. The van der Waals surface area contributed by atoms with E-state index in [0.717, 1.165) is 0 Å². The molecule has 0 aliphatic carbocycles. The molecule has 0 spiro atoms. The summed E-state index contributed by atoms with van der Waals surface area (Å²) in [5.74, 6) is 0. The summed E-state index contributed by atoms with van der Waals surface area (Å²) in [4.78, 5) is 6.03. The number of hydrogen-bond acceptors (Lipinski definition) is 2. The Balaban J connectivity index is 2.62. The van der Waals surface area contributed by atoms with Crippen molar-refractivity contribution in [3.8, 4) is 0 Å². The Morgan fingerprint density at radius 3 is 1.80 bits per heavy atom. The van der Waals surface area contributed by atoms with Gasteiger partial charge in [-0.1, -0.05) is 0 Å². The molecule has 0 aromatic carbocycles. The second-order valence-electron chi connectivity index (χ2n) is 1.84. The summed E-state index contributed by atoms with van der Waals surface area (Å²) in [6.45, 7) is 13.1. The van der Waals surface area contributed by atoms with Crippen LogP contribution in [0.25, 0.3) is 9.69 Å². The SMILES string of the molecule is [C-]#[N+]C1NC(F)NC1[N+]#[C-]. The van der Waals surface area contributed by atoms with Crippen molar-refractivity contribution in [2.24, 2.45) is 0 Å². The molecular formula is C5H5FN4. The number of halogens is 1. The standard InChI is InChI=1S/C5H5FN4/c1-7-3-4(8-2)10-5(6)9-3/h3-5,9-10H. The van der Waals surface area contributed by atoms with Crippen LogP contribution < -0.4 is 10.6 Å². The minimum absolute atomic E-state index is 0.743. The maximum Gasteiger partial charge on any atom is 0.369 e. The molecule has 2 N–H and O–H groups in total. The Hall–Kier alpha value is -1.17. The molecule has 0 radical (unpaired) electrons. The van der Waals surface area contributed by atoms with Crippen LogP contribution in [-0.2, 0) is 0 Å². The lowest BCUT2D eigenvalue weighted by Gasteiger charge is -1.91. The van der Waals surface area contributed by atoms with Gasteiger partial charge in [-0.05, 0) is 0 Å². The summed E-state index contributed by atoms with van der Waals surface area (Å²) in [5, 5.41) is 4.52. The van der Waals surface area contributed by atoms with Gasteiger partial charge in [-0.15, -0.1) is 0 Å². The second-order valence-corrected chi connectivity index (χ2v) is 1.84. The molecule has 1 fully saturated rings. The van der Waals surface area contributed by atoms with Crippen LogP contribution in [0.1, 0.15) is 0 Å². The van der Waals surface area contributed by atoms with Gasteiger partial charge in [0.1, 0.15) is 0 Å². The number of rotatable bonds is 0. The van der Waals surface area contributed by atoms with Crippen LogP contribution in [0.3, 0.4) is 0 Å². The van der Waals surface area contributed by atoms with Crippen LogP contribution in [-0.4, -0.2) is 18.8 Å². The first-order chi connectivity index (χ1) is 4.77. The molecule has 0 aromatic heterocycles. The number of nitrogens with zero attached hydrogens (tertiary/aromatic N) is 2. The van der Waals surface area contributed by atoms with Gasteiger partial charge in [0.15, 0.2) is 0 Å². The minimum Gasteiger partial charge on any atom is -0.285 e. The summed E-state index contributed by atoms with van der Waals surface area (Å²) in [6, 6.07) is 0. The molecule has 1 aliphatic heterocycles. The molecule has 0 amide bonds. The van der Waals surface area contributed by atoms with E-state index in [9.17, 15) is 4.39 Å². The fourth-order valence-electron chi connectivity index (χ4n) is 0.746. The first kappa shape index (κ1) is 6.94. The van der Waals surface area contributed by atoms with Crippen LogP contribution in [0.2, 0.25) is 0 Å². The molecule has 10 heavy (non-hydrogen) atoms. The molecule has 5 heteroatoms. The molecule has 0 bridgehead atoms. The summed E-state index contributed by atoms with van der Waals surface area (Å²) < 4.78 is 12.3. The smallest absolute Gasteiger partial charge is 0.285 e.